The number of aromatic nitrogens is 2. The fraction of sp³-hybridized carbons (Fsp3) is 0.692. The molecule has 1 aromatic heterocycles. The molecule has 4 nitrogen and oxygen atoms in total. The monoisotopic (exact) mass is 237 g/mol. The maximum absolute atomic E-state index is 12.1. The molecule has 1 amide bonds. The highest BCUT2D eigenvalue weighted by Gasteiger charge is 2.17. The molecule has 1 aromatic rings. The quantitative estimate of drug-likeness (QED) is 0.760. The van der Waals surface area contributed by atoms with Gasteiger partial charge in [-0.2, -0.15) is 5.10 Å². The van der Waals surface area contributed by atoms with E-state index in [1.807, 2.05) is 27.1 Å². The molecule has 1 heterocycles. The second-order valence-electron chi connectivity index (χ2n) is 4.68. The van der Waals surface area contributed by atoms with Gasteiger partial charge in [0.15, 0.2) is 0 Å². The first-order valence-corrected chi connectivity index (χ1v) is 6.28. The predicted octanol–water partition coefficient (Wildman–Crippen LogP) is 2.20. The van der Waals surface area contributed by atoms with Gasteiger partial charge in [-0.15, -0.1) is 0 Å². The molecule has 0 fully saturated rings. The van der Waals surface area contributed by atoms with Crippen molar-refractivity contribution in [2.75, 3.05) is 7.05 Å². The minimum Gasteiger partial charge on any atom is -0.340 e. The lowest BCUT2D eigenvalue weighted by atomic mass is 10.0. The van der Waals surface area contributed by atoms with Crippen molar-refractivity contribution in [2.45, 2.75) is 39.7 Å². The van der Waals surface area contributed by atoms with Gasteiger partial charge in [-0.05, 0) is 12.5 Å². The standard InChI is InChI=1S/C13H23N3O/c1-5-6-7-11(2)13(17)15(3)10-12-8-9-14-16(12)4/h8-9,11H,5-7,10H2,1-4H3. The summed E-state index contributed by atoms with van der Waals surface area (Å²) in [5.41, 5.74) is 1.06. The van der Waals surface area contributed by atoms with Crippen molar-refractivity contribution >= 4 is 5.91 Å². The first-order chi connectivity index (χ1) is 8.06. The van der Waals surface area contributed by atoms with Crippen LogP contribution in [0, 0.1) is 5.92 Å². The summed E-state index contributed by atoms with van der Waals surface area (Å²) < 4.78 is 1.81. The Bertz CT molecular complexity index is 359. The van der Waals surface area contributed by atoms with Crippen molar-refractivity contribution < 1.29 is 4.79 Å². The zero-order valence-corrected chi connectivity index (χ0v) is 11.3. The van der Waals surface area contributed by atoms with Crippen molar-refractivity contribution in [3.05, 3.63) is 18.0 Å². The van der Waals surface area contributed by atoms with Gasteiger partial charge in [-0.3, -0.25) is 9.48 Å². The molecule has 0 saturated carbocycles. The molecule has 0 radical (unpaired) electrons. The van der Waals surface area contributed by atoms with Crippen molar-refractivity contribution in [2.24, 2.45) is 13.0 Å². The summed E-state index contributed by atoms with van der Waals surface area (Å²) in [6.07, 6.45) is 4.99. The number of aryl methyl sites for hydroxylation is 1. The zero-order valence-electron chi connectivity index (χ0n) is 11.3. The molecule has 0 spiro atoms. The largest absolute Gasteiger partial charge is 0.340 e. The fourth-order valence-corrected chi connectivity index (χ4v) is 1.89. The number of carbonyl (C=O) groups is 1. The van der Waals surface area contributed by atoms with Crippen LogP contribution < -0.4 is 0 Å². The van der Waals surface area contributed by atoms with Crippen LogP contribution in [-0.4, -0.2) is 27.6 Å². The van der Waals surface area contributed by atoms with E-state index in [0.717, 1.165) is 25.0 Å². The van der Waals surface area contributed by atoms with Gasteiger partial charge in [0.25, 0.3) is 0 Å². The van der Waals surface area contributed by atoms with Crippen LogP contribution in [-0.2, 0) is 18.4 Å². The molecule has 96 valence electrons. The lowest BCUT2D eigenvalue weighted by molar-refractivity contribution is -0.134. The minimum atomic E-state index is 0.119. The Morgan fingerprint density at radius 1 is 1.59 bits per heavy atom. The molecule has 0 aromatic carbocycles. The zero-order chi connectivity index (χ0) is 12.8. The Hall–Kier alpha value is -1.32. The Labute approximate surface area is 104 Å². The molecular weight excluding hydrogens is 214 g/mol. The lowest BCUT2D eigenvalue weighted by Gasteiger charge is -2.21. The van der Waals surface area contributed by atoms with Crippen LogP contribution in [0.1, 0.15) is 38.8 Å². The summed E-state index contributed by atoms with van der Waals surface area (Å²) in [6.45, 7) is 4.79. The van der Waals surface area contributed by atoms with Crippen molar-refractivity contribution in [3.63, 3.8) is 0 Å². The van der Waals surface area contributed by atoms with E-state index in [-0.39, 0.29) is 11.8 Å². The van der Waals surface area contributed by atoms with Crippen molar-refractivity contribution in [1.82, 2.24) is 14.7 Å². The van der Waals surface area contributed by atoms with Crippen LogP contribution >= 0.6 is 0 Å². The third kappa shape index (κ3) is 3.88. The number of hydrogen-bond donors (Lipinski definition) is 0. The van der Waals surface area contributed by atoms with Crippen LogP contribution in [0.15, 0.2) is 12.3 Å². The smallest absolute Gasteiger partial charge is 0.225 e. The summed E-state index contributed by atoms with van der Waals surface area (Å²) in [4.78, 5) is 13.9. The van der Waals surface area contributed by atoms with E-state index in [1.54, 1.807) is 15.8 Å². The van der Waals surface area contributed by atoms with Gasteiger partial charge in [0.2, 0.25) is 5.91 Å². The van der Waals surface area contributed by atoms with E-state index >= 15 is 0 Å². The van der Waals surface area contributed by atoms with E-state index < -0.39 is 0 Å². The fourth-order valence-electron chi connectivity index (χ4n) is 1.89. The van der Waals surface area contributed by atoms with Gasteiger partial charge >= 0.3 is 0 Å². The number of hydrogen-bond acceptors (Lipinski definition) is 2. The molecule has 0 aliphatic heterocycles. The highest BCUT2D eigenvalue weighted by molar-refractivity contribution is 5.78. The molecule has 4 heteroatoms. The summed E-state index contributed by atoms with van der Waals surface area (Å²) in [6, 6.07) is 1.94. The molecule has 0 aliphatic rings. The van der Waals surface area contributed by atoms with E-state index in [4.69, 9.17) is 0 Å². The second-order valence-corrected chi connectivity index (χ2v) is 4.68. The number of carbonyl (C=O) groups excluding carboxylic acids is 1. The van der Waals surface area contributed by atoms with Gasteiger partial charge in [0.1, 0.15) is 0 Å². The van der Waals surface area contributed by atoms with Crippen LogP contribution in [0.3, 0.4) is 0 Å². The summed E-state index contributed by atoms with van der Waals surface area (Å²) in [7, 11) is 3.76. The van der Waals surface area contributed by atoms with Crippen LogP contribution in [0.25, 0.3) is 0 Å². The van der Waals surface area contributed by atoms with E-state index in [1.165, 1.54) is 0 Å². The van der Waals surface area contributed by atoms with Gasteiger partial charge in [0, 0.05) is 26.2 Å². The number of unbranched alkanes of at least 4 members (excludes halogenated alkanes) is 1. The Morgan fingerprint density at radius 2 is 2.29 bits per heavy atom. The maximum atomic E-state index is 12.1. The topological polar surface area (TPSA) is 38.1 Å². The van der Waals surface area contributed by atoms with Crippen molar-refractivity contribution in [3.8, 4) is 0 Å². The molecule has 1 unspecified atom stereocenters. The Morgan fingerprint density at radius 3 is 2.82 bits per heavy atom. The molecule has 1 atom stereocenters. The normalized spacial score (nSPS) is 12.5. The van der Waals surface area contributed by atoms with Crippen molar-refractivity contribution in [1.29, 1.82) is 0 Å². The predicted molar refractivity (Wildman–Crippen MR) is 68.4 cm³/mol. The molecule has 17 heavy (non-hydrogen) atoms. The lowest BCUT2D eigenvalue weighted by Crippen LogP contribution is -2.31. The summed E-state index contributed by atoms with van der Waals surface area (Å²) >= 11 is 0. The van der Waals surface area contributed by atoms with Gasteiger partial charge in [-0.1, -0.05) is 26.7 Å². The summed E-state index contributed by atoms with van der Waals surface area (Å²) in [5.74, 6) is 0.341. The molecule has 0 aliphatic carbocycles. The van der Waals surface area contributed by atoms with Crippen LogP contribution in [0.5, 0.6) is 0 Å². The third-order valence-electron chi connectivity index (χ3n) is 3.11. The summed E-state index contributed by atoms with van der Waals surface area (Å²) in [5, 5.41) is 4.10. The maximum Gasteiger partial charge on any atom is 0.225 e. The molecule has 0 N–H and O–H groups in total. The van der Waals surface area contributed by atoms with Crippen LogP contribution in [0.4, 0.5) is 0 Å². The highest BCUT2D eigenvalue weighted by Crippen LogP contribution is 2.12. The van der Waals surface area contributed by atoms with E-state index in [2.05, 4.69) is 12.0 Å². The molecule has 1 rings (SSSR count). The van der Waals surface area contributed by atoms with E-state index in [9.17, 15) is 4.79 Å². The SMILES string of the molecule is CCCCC(C)C(=O)N(C)Cc1ccnn1C. The highest BCUT2D eigenvalue weighted by atomic mass is 16.2. The number of amides is 1. The van der Waals surface area contributed by atoms with Gasteiger partial charge in [0.05, 0.1) is 12.2 Å². The Kier molecular flexibility index (Phi) is 5.19. The van der Waals surface area contributed by atoms with Gasteiger partial charge in [-0.25, -0.2) is 0 Å². The number of nitrogens with zero attached hydrogens (tertiary/aromatic N) is 3. The molecule has 0 bridgehead atoms. The van der Waals surface area contributed by atoms with E-state index in [0.29, 0.717) is 6.54 Å². The average molecular weight is 237 g/mol. The Balaban J connectivity index is 2.49. The third-order valence-corrected chi connectivity index (χ3v) is 3.11. The van der Waals surface area contributed by atoms with Crippen LogP contribution in [0.2, 0.25) is 0 Å². The first-order valence-electron chi connectivity index (χ1n) is 6.28. The van der Waals surface area contributed by atoms with Gasteiger partial charge < -0.3 is 4.90 Å². The minimum absolute atomic E-state index is 0.119. The molecular formula is C13H23N3O. The molecule has 0 saturated heterocycles. The first kappa shape index (κ1) is 13.7. The second kappa shape index (κ2) is 6.42. The number of rotatable bonds is 6. The average Bonchev–Trinajstić information content (AvgIpc) is 2.70.